The van der Waals surface area contributed by atoms with E-state index in [1.165, 1.54) is 6.42 Å². The molecule has 0 unspecified atom stereocenters. The maximum Gasteiger partial charge on any atom is 0.306 e. The Morgan fingerprint density at radius 1 is 1.07 bits per heavy atom. The van der Waals surface area contributed by atoms with Gasteiger partial charge in [-0.2, -0.15) is 0 Å². The number of hydrogen-bond acceptors (Lipinski definition) is 3. The van der Waals surface area contributed by atoms with E-state index < -0.39 is 5.97 Å². The lowest BCUT2D eigenvalue weighted by Crippen LogP contribution is -2.40. The molecular formula is C22H30N2O4. The number of benzene rings is 1. The Hall–Kier alpha value is -2.37. The zero-order chi connectivity index (χ0) is 20.1. The fourth-order valence-electron chi connectivity index (χ4n) is 4.44. The van der Waals surface area contributed by atoms with Gasteiger partial charge in [0.05, 0.1) is 5.92 Å². The third kappa shape index (κ3) is 4.37. The summed E-state index contributed by atoms with van der Waals surface area (Å²) >= 11 is 0. The van der Waals surface area contributed by atoms with Crippen LogP contribution in [-0.4, -0.2) is 40.9 Å². The number of carboxylic acid groups (broad SMARTS) is 1. The van der Waals surface area contributed by atoms with Crippen LogP contribution < -0.4 is 5.32 Å². The lowest BCUT2D eigenvalue weighted by Gasteiger charge is -2.35. The van der Waals surface area contributed by atoms with Crippen molar-refractivity contribution in [2.45, 2.75) is 58.3 Å². The fraction of sp³-hybridized carbons (Fsp3) is 0.591. The van der Waals surface area contributed by atoms with E-state index >= 15 is 0 Å². The first-order valence-electron chi connectivity index (χ1n) is 10.4. The first kappa shape index (κ1) is 20.4. The second-order valence-electron chi connectivity index (χ2n) is 8.13. The van der Waals surface area contributed by atoms with Crippen molar-refractivity contribution in [2.24, 2.45) is 11.3 Å². The molecular weight excluding hydrogens is 356 g/mol. The summed E-state index contributed by atoms with van der Waals surface area (Å²) in [6, 6.07) is 7.03. The Balaban J connectivity index is 1.59. The summed E-state index contributed by atoms with van der Waals surface area (Å²) in [4.78, 5) is 38.2. The lowest BCUT2D eigenvalue weighted by molar-refractivity contribution is -0.143. The highest BCUT2D eigenvalue weighted by molar-refractivity contribution is 5.97. The van der Waals surface area contributed by atoms with Crippen LogP contribution in [0.4, 0.5) is 5.69 Å². The third-order valence-electron chi connectivity index (χ3n) is 6.49. The van der Waals surface area contributed by atoms with Crippen molar-refractivity contribution >= 4 is 23.5 Å². The highest BCUT2D eigenvalue weighted by Crippen LogP contribution is 2.40. The van der Waals surface area contributed by atoms with E-state index in [2.05, 4.69) is 12.2 Å². The van der Waals surface area contributed by atoms with Crippen LogP contribution >= 0.6 is 0 Å². The number of nitrogens with zero attached hydrogens (tertiary/aromatic N) is 1. The van der Waals surface area contributed by atoms with Crippen molar-refractivity contribution in [3.63, 3.8) is 0 Å². The number of likely N-dealkylation sites (tertiary alicyclic amines) is 1. The van der Waals surface area contributed by atoms with Crippen molar-refractivity contribution in [2.75, 3.05) is 18.4 Å². The van der Waals surface area contributed by atoms with E-state index in [4.69, 9.17) is 5.11 Å². The monoisotopic (exact) mass is 386 g/mol. The number of piperidine rings is 1. The quantitative estimate of drug-likeness (QED) is 0.803. The molecule has 1 aliphatic carbocycles. The molecule has 2 fully saturated rings. The molecule has 2 amide bonds. The number of carbonyl (C=O) groups excluding carboxylic acids is 2. The number of rotatable bonds is 5. The van der Waals surface area contributed by atoms with Gasteiger partial charge in [0.25, 0.3) is 5.91 Å². The van der Waals surface area contributed by atoms with E-state index in [1.54, 1.807) is 29.2 Å². The van der Waals surface area contributed by atoms with Crippen LogP contribution in [0.25, 0.3) is 0 Å². The molecule has 2 aliphatic rings. The average Bonchev–Trinajstić information content (AvgIpc) is 2.74. The molecule has 0 aromatic heterocycles. The summed E-state index contributed by atoms with van der Waals surface area (Å²) in [5, 5.41) is 12.1. The van der Waals surface area contributed by atoms with Crippen LogP contribution in [-0.2, 0) is 9.59 Å². The second kappa shape index (κ2) is 8.76. The van der Waals surface area contributed by atoms with E-state index in [-0.39, 0.29) is 23.1 Å². The third-order valence-corrected chi connectivity index (χ3v) is 6.49. The minimum absolute atomic E-state index is 0.0842. The molecule has 2 N–H and O–H groups in total. The van der Waals surface area contributed by atoms with Crippen LogP contribution in [0.15, 0.2) is 24.3 Å². The van der Waals surface area contributed by atoms with Gasteiger partial charge >= 0.3 is 5.97 Å². The predicted molar refractivity (Wildman–Crippen MR) is 107 cm³/mol. The molecule has 1 aromatic carbocycles. The Labute approximate surface area is 166 Å². The number of nitrogens with one attached hydrogen (secondary N) is 1. The SMILES string of the molecule is CCC1(C(=O)Nc2ccc(C(=O)N3CCC(C(=O)O)CC3)cc2)CCCCC1. The smallest absolute Gasteiger partial charge is 0.306 e. The average molecular weight is 386 g/mol. The van der Waals surface area contributed by atoms with Crippen molar-refractivity contribution in [1.82, 2.24) is 4.90 Å². The molecule has 0 bridgehead atoms. The first-order chi connectivity index (χ1) is 13.4. The number of carbonyl (C=O) groups is 3. The molecule has 6 nitrogen and oxygen atoms in total. The van der Waals surface area contributed by atoms with Gasteiger partial charge in [-0.15, -0.1) is 0 Å². The van der Waals surface area contributed by atoms with Crippen LogP contribution in [0.2, 0.25) is 0 Å². The van der Waals surface area contributed by atoms with E-state index in [0.717, 1.165) is 32.1 Å². The molecule has 1 saturated carbocycles. The lowest BCUT2D eigenvalue weighted by atomic mass is 9.71. The topological polar surface area (TPSA) is 86.7 Å². The molecule has 6 heteroatoms. The van der Waals surface area contributed by atoms with Crippen molar-refractivity contribution in [1.29, 1.82) is 0 Å². The molecule has 3 rings (SSSR count). The maximum atomic E-state index is 12.8. The summed E-state index contributed by atoms with van der Waals surface area (Å²) in [6.45, 7) is 3.01. The van der Waals surface area contributed by atoms with Crippen LogP contribution in [0.5, 0.6) is 0 Å². The Morgan fingerprint density at radius 3 is 2.21 bits per heavy atom. The zero-order valence-corrected chi connectivity index (χ0v) is 16.6. The molecule has 1 saturated heterocycles. The normalized spacial score (nSPS) is 19.8. The fourth-order valence-corrected chi connectivity index (χ4v) is 4.44. The number of hydrogen-bond donors (Lipinski definition) is 2. The van der Waals surface area contributed by atoms with Gasteiger partial charge in [-0.3, -0.25) is 14.4 Å². The summed E-state index contributed by atoms with van der Waals surface area (Å²) in [5.74, 6) is -1.13. The number of carboxylic acids is 1. The highest BCUT2D eigenvalue weighted by Gasteiger charge is 2.37. The van der Waals surface area contributed by atoms with Crippen molar-refractivity contribution in [3.8, 4) is 0 Å². The van der Waals surface area contributed by atoms with Crippen molar-refractivity contribution in [3.05, 3.63) is 29.8 Å². The summed E-state index contributed by atoms with van der Waals surface area (Å²) in [7, 11) is 0. The van der Waals surface area contributed by atoms with Gasteiger partial charge in [0.1, 0.15) is 0 Å². The van der Waals surface area contributed by atoms with Gasteiger partial charge in [-0.05, 0) is 56.4 Å². The number of aliphatic carboxylic acids is 1. The van der Waals surface area contributed by atoms with Gasteiger partial charge in [0.2, 0.25) is 5.91 Å². The van der Waals surface area contributed by atoms with Gasteiger partial charge in [-0.1, -0.05) is 26.2 Å². The minimum Gasteiger partial charge on any atom is -0.481 e. The van der Waals surface area contributed by atoms with Crippen LogP contribution in [0.3, 0.4) is 0 Å². The van der Waals surface area contributed by atoms with Gasteiger partial charge in [0.15, 0.2) is 0 Å². The molecule has 152 valence electrons. The van der Waals surface area contributed by atoms with Crippen molar-refractivity contribution < 1.29 is 19.5 Å². The Morgan fingerprint density at radius 2 is 1.68 bits per heavy atom. The molecule has 0 radical (unpaired) electrons. The molecule has 28 heavy (non-hydrogen) atoms. The summed E-state index contributed by atoms with van der Waals surface area (Å²) < 4.78 is 0. The predicted octanol–water partition coefficient (Wildman–Crippen LogP) is 3.92. The zero-order valence-electron chi connectivity index (χ0n) is 16.6. The molecule has 0 atom stereocenters. The van der Waals surface area contributed by atoms with Gasteiger partial charge < -0.3 is 15.3 Å². The summed E-state index contributed by atoms with van der Waals surface area (Å²) in [5.41, 5.74) is 1.01. The van der Waals surface area contributed by atoms with E-state index in [9.17, 15) is 14.4 Å². The van der Waals surface area contributed by atoms with Gasteiger partial charge in [-0.25, -0.2) is 0 Å². The Kier molecular flexibility index (Phi) is 6.37. The largest absolute Gasteiger partial charge is 0.481 e. The summed E-state index contributed by atoms with van der Waals surface area (Å²) in [6.07, 6.45) is 7.14. The molecule has 1 aliphatic heterocycles. The highest BCUT2D eigenvalue weighted by atomic mass is 16.4. The van der Waals surface area contributed by atoms with Crippen LogP contribution in [0.1, 0.15) is 68.6 Å². The Bertz CT molecular complexity index is 715. The second-order valence-corrected chi connectivity index (χ2v) is 8.13. The van der Waals surface area contributed by atoms with Gasteiger partial charge in [0, 0.05) is 29.8 Å². The number of anilines is 1. The first-order valence-corrected chi connectivity index (χ1v) is 10.4. The van der Waals surface area contributed by atoms with Crippen LogP contribution in [0, 0.1) is 11.3 Å². The number of amides is 2. The standard InChI is InChI=1S/C22H30N2O4/c1-2-22(12-4-3-5-13-22)21(28)23-18-8-6-16(7-9-18)19(25)24-14-10-17(11-15-24)20(26)27/h6-9,17H,2-5,10-15H2,1H3,(H,23,28)(H,26,27). The maximum absolute atomic E-state index is 12.8. The molecule has 0 spiro atoms. The minimum atomic E-state index is -0.782. The van der Waals surface area contributed by atoms with E-state index in [0.29, 0.717) is 37.2 Å². The molecule has 1 aromatic rings. The van der Waals surface area contributed by atoms with E-state index in [1.807, 2.05) is 0 Å². The molecule has 1 heterocycles.